The second-order valence-corrected chi connectivity index (χ2v) is 3.82. The van der Waals surface area contributed by atoms with Crippen molar-refractivity contribution in [3.05, 3.63) is 0 Å². The molecule has 0 aromatic heterocycles. The standard InChI is InChI=1S/C10H19N3O2/c1-2-3-8(11)10(15)13-6-4-9(14)12-5-7-13/h8H,2-7,11H2,1H3,(H,12,14)/t8-/m0/s1. The maximum absolute atomic E-state index is 11.8. The molecule has 0 unspecified atom stereocenters. The molecule has 0 saturated carbocycles. The van der Waals surface area contributed by atoms with Crippen LogP contribution in [0.1, 0.15) is 26.2 Å². The summed E-state index contributed by atoms with van der Waals surface area (Å²) < 4.78 is 0. The lowest BCUT2D eigenvalue weighted by atomic mass is 10.1. The Morgan fingerprint density at radius 3 is 3.00 bits per heavy atom. The van der Waals surface area contributed by atoms with Crippen molar-refractivity contribution in [3.8, 4) is 0 Å². The van der Waals surface area contributed by atoms with E-state index in [0.29, 0.717) is 32.5 Å². The number of amides is 2. The summed E-state index contributed by atoms with van der Waals surface area (Å²) in [5.74, 6) is -0.0253. The average molecular weight is 213 g/mol. The van der Waals surface area contributed by atoms with E-state index in [2.05, 4.69) is 5.32 Å². The zero-order chi connectivity index (χ0) is 11.3. The molecule has 0 bridgehead atoms. The SMILES string of the molecule is CCC[C@H](N)C(=O)N1CCNC(=O)CC1. The summed E-state index contributed by atoms with van der Waals surface area (Å²) in [6.07, 6.45) is 1.99. The largest absolute Gasteiger partial charge is 0.354 e. The van der Waals surface area contributed by atoms with Crippen molar-refractivity contribution in [1.29, 1.82) is 0 Å². The molecular formula is C10H19N3O2. The normalized spacial score (nSPS) is 19.3. The van der Waals surface area contributed by atoms with Gasteiger partial charge in [-0.05, 0) is 6.42 Å². The first-order valence-electron chi connectivity index (χ1n) is 5.46. The summed E-state index contributed by atoms with van der Waals surface area (Å²) in [4.78, 5) is 24.6. The van der Waals surface area contributed by atoms with Crippen molar-refractivity contribution in [2.75, 3.05) is 19.6 Å². The van der Waals surface area contributed by atoms with Gasteiger partial charge in [-0.25, -0.2) is 0 Å². The molecule has 1 fully saturated rings. The summed E-state index contributed by atoms with van der Waals surface area (Å²) in [5, 5.41) is 2.73. The number of nitrogens with two attached hydrogens (primary N) is 1. The van der Waals surface area contributed by atoms with Gasteiger partial charge in [0.15, 0.2) is 0 Å². The Hall–Kier alpha value is -1.10. The molecule has 86 valence electrons. The highest BCUT2D eigenvalue weighted by Gasteiger charge is 2.22. The van der Waals surface area contributed by atoms with Crippen molar-refractivity contribution >= 4 is 11.8 Å². The Morgan fingerprint density at radius 2 is 2.33 bits per heavy atom. The van der Waals surface area contributed by atoms with Gasteiger partial charge < -0.3 is 16.0 Å². The summed E-state index contributed by atoms with van der Waals surface area (Å²) in [5.41, 5.74) is 5.75. The van der Waals surface area contributed by atoms with Gasteiger partial charge in [0, 0.05) is 26.1 Å². The highest BCUT2D eigenvalue weighted by molar-refractivity contribution is 5.83. The van der Waals surface area contributed by atoms with E-state index in [1.807, 2.05) is 6.92 Å². The third-order valence-corrected chi connectivity index (χ3v) is 2.54. The van der Waals surface area contributed by atoms with E-state index < -0.39 is 6.04 Å². The first kappa shape index (κ1) is 12.0. The molecule has 2 amide bonds. The molecule has 0 spiro atoms. The summed E-state index contributed by atoms with van der Waals surface area (Å²) >= 11 is 0. The van der Waals surface area contributed by atoms with Crippen LogP contribution >= 0.6 is 0 Å². The van der Waals surface area contributed by atoms with Crippen molar-refractivity contribution in [3.63, 3.8) is 0 Å². The van der Waals surface area contributed by atoms with Gasteiger partial charge in [0.2, 0.25) is 11.8 Å². The van der Waals surface area contributed by atoms with E-state index in [1.54, 1.807) is 4.90 Å². The molecular weight excluding hydrogens is 194 g/mol. The van der Waals surface area contributed by atoms with Gasteiger partial charge in [0.25, 0.3) is 0 Å². The Balaban J connectivity index is 2.47. The number of nitrogens with one attached hydrogen (secondary N) is 1. The molecule has 5 heteroatoms. The molecule has 5 nitrogen and oxygen atoms in total. The number of carbonyl (C=O) groups excluding carboxylic acids is 2. The van der Waals surface area contributed by atoms with Crippen LogP contribution in [0.15, 0.2) is 0 Å². The van der Waals surface area contributed by atoms with E-state index in [-0.39, 0.29) is 11.8 Å². The minimum absolute atomic E-state index is 0.00867. The minimum atomic E-state index is -0.414. The minimum Gasteiger partial charge on any atom is -0.354 e. The zero-order valence-electron chi connectivity index (χ0n) is 9.16. The van der Waals surface area contributed by atoms with Gasteiger partial charge in [-0.1, -0.05) is 13.3 Å². The lowest BCUT2D eigenvalue weighted by Crippen LogP contribution is -2.45. The van der Waals surface area contributed by atoms with E-state index in [0.717, 1.165) is 6.42 Å². The van der Waals surface area contributed by atoms with Crippen molar-refractivity contribution < 1.29 is 9.59 Å². The number of hydrogen-bond acceptors (Lipinski definition) is 3. The maximum Gasteiger partial charge on any atom is 0.239 e. The van der Waals surface area contributed by atoms with Gasteiger partial charge in [0.1, 0.15) is 0 Å². The second kappa shape index (κ2) is 5.70. The smallest absolute Gasteiger partial charge is 0.239 e. The summed E-state index contributed by atoms with van der Waals surface area (Å²) in [7, 11) is 0. The molecule has 1 aliphatic heterocycles. The van der Waals surface area contributed by atoms with Crippen LogP contribution in [-0.2, 0) is 9.59 Å². The van der Waals surface area contributed by atoms with Gasteiger partial charge in [0.05, 0.1) is 6.04 Å². The predicted molar refractivity (Wildman–Crippen MR) is 57.1 cm³/mol. The first-order valence-corrected chi connectivity index (χ1v) is 5.46. The number of carbonyl (C=O) groups is 2. The van der Waals surface area contributed by atoms with Crippen LogP contribution in [0.4, 0.5) is 0 Å². The summed E-state index contributed by atoms with van der Waals surface area (Å²) in [6, 6.07) is -0.414. The third-order valence-electron chi connectivity index (χ3n) is 2.54. The molecule has 1 saturated heterocycles. The number of hydrogen-bond donors (Lipinski definition) is 2. The molecule has 0 radical (unpaired) electrons. The van der Waals surface area contributed by atoms with Crippen LogP contribution < -0.4 is 11.1 Å². The van der Waals surface area contributed by atoms with Crippen LogP contribution in [0.5, 0.6) is 0 Å². The topological polar surface area (TPSA) is 75.4 Å². The Bertz CT molecular complexity index is 243. The van der Waals surface area contributed by atoms with Crippen LogP contribution in [-0.4, -0.2) is 42.4 Å². The fourth-order valence-electron chi connectivity index (χ4n) is 1.66. The Kier molecular flexibility index (Phi) is 4.55. The average Bonchev–Trinajstić information content (AvgIpc) is 2.42. The van der Waals surface area contributed by atoms with E-state index in [4.69, 9.17) is 5.73 Å². The van der Waals surface area contributed by atoms with Crippen LogP contribution in [0.2, 0.25) is 0 Å². The van der Waals surface area contributed by atoms with Crippen LogP contribution in [0, 0.1) is 0 Å². The molecule has 1 heterocycles. The number of nitrogens with zero attached hydrogens (tertiary/aromatic N) is 1. The predicted octanol–water partition coefficient (Wildman–Crippen LogP) is -0.538. The summed E-state index contributed by atoms with van der Waals surface area (Å²) in [6.45, 7) is 3.59. The van der Waals surface area contributed by atoms with E-state index in [9.17, 15) is 9.59 Å². The Morgan fingerprint density at radius 1 is 1.60 bits per heavy atom. The molecule has 3 N–H and O–H groups in total. The fourth-order valence-corrected chi connectivity index (χ4v) is 1.66. The molecule has 15 heavy (non-hydrogen) atoms. The lowest BCUT2D eigenvalue weighted by Gasteiger charge is -2.23. The molecule has 1 aliphatic rings. The van der Waals surface area contributed by atoms with Gasteiger partial charge in [-0.2, -0.15) is 0 Å². The van der Waals surface area contributed by atoms with Crippen molar-refractivity contribution in [2.24, 2.45) is 5.73 Å². The van der Waals surface area contributed by atoms with Crippen LogP contribution in [0.25, 0.3) is 0 Å². The quantitative estimate of drug-likeness (QED) is 0.661. The lowest BCUT2D eigenvalue weighted by molar-refractivity contribution is -0.132. The van der Waals surface area contributed by atoms with Crippen LogP contribution in [0.3, 0.4) is 0 Å². The molecule has 0 aromatic carbocycles. The third kappa shape index (κ3) is 3.51. The molecule has 0 aromatic rings. The molecule has 1 atom stereocenters. The maximum atomic E-state index is 11.8. The zero-order valence-corrected chi connectivity index (χ0v) is 9.16. The highest BCUT2D eigenvalue weighted by Crippen LogP contribution is 2.03. The Labute approximate surface area is 90.0 Å². The number of rotatable bonds is 3. The monoisotopic (exact) mass is 213 g/mol. The van der Waals surface area contributed by atoms with Crippen molar-refractivity contribution in [1.82, 2.24) is 10.2 Å². The first-order chi connectivity index (χ1) is 7.15. The molecule has 0 aliphatic carbocycles. The second-order valence-electron chi connectivity index (χ2n) is 3.82. The highest BCUT2D eigenvalue weighted by atomic mass is 16.2. The van der Waals surface area contributed by atoms with E-state index in [1.165, 1.54) is 0 Å². The van der Waals surface area contributed by atoms with Crippen molar-refractivity contribution in [2.45, 2.75) is 32.2 Å². The van der Waals surface area contributed by atoms with E-state index >= 15 is 0 Å². The van der Waals surface area contributed by atoms with Gasteiger partial charge in [-0.15, -0.1) is 0 Å². The fraction of sp³-hybridized carbons (Fsp3) is 0.800. The van der Waals surface area contributed by atoms with Gasteiger partial charge >= 0.3 is 0 Å². The molecule has 1 rings (SSSR count). The van der Waals surface area contributed by atoms with Gasteiger partial charge in [-0.3, -0.25) is 9.59 Å².